The van der Waals surface area contributed by atoms with Crippen molar-refractivity contribution >= 4 is 0 Å². The Morgan fingerprint density at radius 1 is 1.27 bits per heavy atom. The molecule has 1 saturated carbocycles. The van der Waals surface area contributed by atoms with Gasteiger partial charge in [0.25, 0.3) is 0 Å². The highest BCUT2D eigenvalue weighted by Gasteiger charge is 2.38. The Labute approximate surface area is 92.5 Å². The minimum Gasteiger partial charge on any atom is -0.493 e. The lowest BCUT2D eigenvalue weighted by atomic mass is 10.1. The van der Waals surface area contributed by atoms with Crippen LogP contribution in [0.4, 0.5) is 0 Å². The molecule has 1 fully saturated rings. The molecule has 0 spiro atoms. The second-order valence-corrected chi connectivity index (χ2v) is 4.40. The number of ether oxygens (including phenoxy) is 1. The van der Waals surface area contributed by atoms with E-state index < -0.39 is 0 Å². The van der Waals surface area contributed by atoms with Crippen LogP contribution in [-0.2, 0) is 0 Å². The summed E-state index contributed by atoms with van der Waals surface area (Å²) >= 11 is 0. The lowest BCUT2D eigenvalue weighted by Crippen LogP contribution is -1.98. The first kappa shape index (κ1) is 10.5. The van der Waals surface area contributed by atoms with E-state index in [4.69, 9.17) is 4.74 Å². The molecule has 0 N–H and O–H groups in total. The molecule has 0 heterocycles. The molecule has 0 radical (unpaired) electrons. The quantitative estimate of drug-likeness (QED) is 0.704. The first-order valence-electron chi connectivity index (χ1n) is 6.08. The SMILES string of the molecule is CCCOc1ccccc1[C@H]1C[C@H]1CC. The summed E-state index contributed by atoms with van der Waals surface area (Å²) in [6.45, 7) is 5.26. The van der Waals surface area contributed by atoms with Crippen LogP contribution in [0.5, 0.6) is 5.75 Å². The Kier molecular flexibility index (Phi) is 3.30. The van der Waals surface area contributed by atoms with Crippen LogP contribution in [0.25, 0.3) is 0 Å². The summed E-state index contributed by atoms with van der Waals surface area (Å²) in [4.78, 5) is 0. The molecule has 0 amide bonds. The standard InChI is InChI=1S/C14H20O/c1-3-9-15-14-8-6-5-7-12(14)13-10-11(13)4-2/h5-8,11,13H,3-4,9-10H2,1-2H3/t11-,13+/m1/s1. The number of hydrogen-bond donors (Lipinski definition) is 0. The number of hydrogen-bond acceptors (Lipinski definition) is 1. The van der Waals surface area contributed by atoms with Gasteiger partial charge in [0.05, 0.1) is 6.61 Å². The molecule has 1 aromatic rings. The van der Waals surface area contributed by atoms with Crippen LogP contribution < -0.4 is 4.74 Å². The molecule has 1 aromatic carbocycles. The molecule has 1 aliphatic rings. The van der Waals surface area contributed by atoms with E-state index in [9.17, 15) is 0 Å². The Bertz CT molecular complexity index is 319. The minimum absolute atomic E-state index is 0.767. The molecular formula is C14H20O. The molecule has 2 rings (SSSR count). The average molecular weight is 204 g/mol. The maximum Gasteiger partial charge on any atom is 0.122 e. The summed E-state index contributed by atoms with van der Waals surface area (Å²) < 4.78 is 5.78. The molecule has 15 heavy (non-hydrogen) atoms. The van der Waals surface area contributed by atoms with E-state index in [1.165, 1.54) is 18.4 Å². The Balaban J connectivity index is 2.09. The van der Waals surface area contributed by atoms with Crippen LogP contribution in [0.3, 0.4) is 0 Å². The number of rotatable bonds is 5. The maximum absolute atomic E-state index is 5.78. The molecule has 0 unspecified atom stereocenters. The monoisotopic (exact) mass is 204 g/mol. The summed E-state index contributed by atoms with van der Waals surface area (Å²) in [5.41, 5.74) is 1.43. The third-order valence-corrected chi connectivity index (χ3v) is 3.23. The fourth-order valence-corrected chi connectivity index (χ4v) is 2.21. The third kappa shape index (κ3) is 2.34. The van der Waals surface area contributed by atoms with Gasteiger partial charge in [-0.05, 0) is 36.3 Å². The second-order valence-electron chi connectivity index (χ2n) is 4.40. The predicted molar refractivity (Wildman–Crippen MR) is 63.4 cm³/mol. The van der Waals surface area contributed by atoms with Gasteiger partial charge < -0.3 is 4.74 Å². The molecule has 0 saturated heterocycles. The largest absolute Gasteiger partial charge is 0.493 e. The zero-order valence-electron chi connectivity index (χ0n) is 9.70. The van der Waals surface area contributed by atoms with Gasteiger partial charge in [-0.2, -0.15) is 0 Å². The van der Waals surface area contributed by atoms with Crippen molar-refractivity contribution in [2.24, 2.45) is 5.92 Å². The van der Waals surface area contributed by atoms with Crippen LogP contribution in [-0.4, -0.2) is 6.61 Å². The zero-order chi connectivity index (χ0) is 10.7. The summed E-state index contributed by atoms with van der Waals surface area (Å²) in [6.07, 6.45) is 3.73. The van der Waals surface area contributed by atoms with E-state index in [-0.39, 0.29) is 0 Å². The van der Waals surface area contributed by atoms with E-state index in [1.807, 2.05) is 0 Å². The van der Waals surface area contributed by atoms with Gasteiger partial charge in [0.15, 0.2) is 0 Å². The smallest absolute Gasteiger partial charge is 0.122 e. The van der Waals surface area contributed by atoms with Gasteiger partial charge in [-0.3, -0.25) is 0 Å². The van der Waals surface area contributed by atoms with Crippen molar-refractivity contribution in [3.63, 3.8) is 0 Å². The molecule has 0 bridgehead atoms. The first-order chi connectivity index (χ1) is 7.36. The molecule has 1 nitrogen and oxygen atoms in total. The summed E-state index contributed by atoms with van der Waals surface area (Å²) in [7, 11) is 0. The maximum atomic E-state index is 5.78. The molecule has 1 heteroatoms. The van der Waals surface area contributed by atoms with Crippen molar-refractivity contribution in [1.29, 1.82) is 0 Å². The highest BCUT2D eigenvalue weighted by molar-refractivity contribution is 5.39. The van der Waals surface area contributed by atoms with Gasteiger partial charge in [-0.1, -0.05) is 38.5 Å². The van der Waals surface area contributed by atoms with E-state index >= 15 is 0 Å². The molecular weight excluding hydrogens is 184 g/mol. The summed E-state index contributed by atoms with van der Waals surface area (Å²) in [5.74, 6) is 2.78. The van der Waals surface area contributed by atoms with Crippen molar-refractivity contribution in [1.82, 2.24) is 0 Å². The van der Waals surface area contributed by atoms with E-state index in [0.29, 0.717) is 0 Å². The highest BCUT2D eigenvalue weighted by Crippen LogP contribution is 2.51. The molecule has 0 aromatic heterocycles. The van der Waals surface area contributed by atoms with Gasteiger partial charge in [0.1, 0.15) is 5.75 Å². The van der Waals surface area contributed by atoms with Crippen LogP contribution in [0.15, 0.2) is 24.3 Å². The predicted octanol–water partition coefficient (Wildman–Crippen LogP) is 3.99. The van der Waals surface area contributed by atoms with E-state index in [0.717, 1.165) is 30.6 Å². The fraction of sp³-hybridized carbons (Fsp3) is 0.571. The summed E-state index contributed by atoms with van der Waals surface area (Å²) in [5, 5.41) is 0. The number of benzene rings is 1. The Morgan fingerprint density at radius 2 is 2.07 bits per heavy atom. The van der Waals surface area contributed by atoms with Crippen molar-refractivity contribution < 1.29 is 4.74 Å². The second kappa shape index (κ2) is 4.69. The lowest BCUT2D eigenvalue weighted by Gasteiger charge is -2.10. The molecule has 0 aliphatic heterocycles. The van der Waals surface area contributed by atoms with Crippen LogP contribution >= 0.6 is 0 Å². The zero-order valence-corrected chi connectivity index (χ0v) is 9.70. The van der Waals surface area contributed by atoms with Gasteiger partial charge in [0.2, 0.25) is 0 Å². The Morgan fingerprint density at radius 3 is 2.73 bits per heavy atom. The van der Waals surface area contributed by atoms with Gasteiger partial charge in [0, 0.05) is 0 Å². The molecule has 1 aliphatic carbocycles. The molecule has 82 valence electrons. The minimum atomic E-state index is 0.767. The summed E-state index contributed by atoms with van der Waals surface area (Å²) in [6, 6.07) is 8.53. The topological polar surface area (TPSA) is 9.23 Å². The van der Waals surface area contributed by atoms with Crippen LogP contribution in [0.1, 0.15) is 44.6 Å². The third-order valence-electron chi connectivity index (χ3n) is 3.23. The van der Waals surface area contributed by atoms with Crippen LogP contribution in [0.2, 0.25) is 0 Å². The normalized spacial score (nSPS) is 23.9. The van der Waals surface area contributed by atoms with Crippen molar-refractivity contribution in [3.8, 4) is 5.75 Å². The van der Waals surface area contributed by atoms with Gasteiger partial charge in [-0.25, -0.2) is 0 Å². The van der Waals surface area contributed by atoms with Gasteiger partial charge in [-0.15, -0.1) is 0 Å². The van der Waals surface area contributed by atoms with Crippen molar-refractivity contribution in [2.45, 2.75) is 39.0 Å². The number of para-hydroxylation sites is 1. The highest BCUT2D eigenvalue weighted by atomic mass is 16.5. The average Bonchev–Trinajstić information content (AvgIpc) is 3.06. The van der Waals surface area contributed by atoms with E-state index in [1.54, 1.807) is 0 Å². The fourth-order valence-electron chi connectivity index (χ4n) is 2.21. The van der Waals surface area contributed by atoms with E-state index in [2.05, 4.69) is 38.1 Å². The van der Waals surface area contributed by atoms with Gasteiger partial charge >= 0.3 is 0 Å². The van der Waals surface area contributed by atoms with Crippen molar-refractivity contribution in [2.75, 3.05) is 6.61 Å². The first-order valence-corrected chi connectivity index (χ1v) is 6.08. The Hall–Kier alpha value is -0.980. The lowest BCUT2D eigenvalue weighted by molar-refractivity contribution is 0.314. The molecule has 2 atom stereocenters. The van der Waals surface area contributed by atoms with Crippen molar-refractivity contribution in [3.05, 3.63) is 29.8 Å². The van der Waals surface area contributed by atoms with Crippen LogP contribution in [0, 0.1) is 5.92 Å².